The summed E-state index contributed by atoms with van der Waals surface area (Å²) in [5, 5.41) is 5.73. The fourth-order valence-electron chi connectivity index (χ4n) is 2.34. The van der Waals surface area contributed by atoms with Crippen molar-refractivity contribution in [2.75, 3.05) is 0 Å². The third-order valence-electron chi connectivity index (χ3n) is 3.53. The van der Waals surface area contributed by atoms with Crippen LogP contribution in [0.1, 0.15) is 43.4 Å². The van der Waals surface area contributed by atoms with Gasteiger partial charge in [-0.05, 0) is 25.3 Å². The number of amides is 2. The summed E-state index contributed by atoms with van der Waals surface area (Å²) in [7, 11) is 0. The maximum Gasteiger partial charge on any atom is 0.243 e. The van der Waals surface area contributed by atoms with Gasteiger partial charge in [0.1, 0.15) is 0 Å². The zero-order valence-electron chi connectivity index (χ0n) is 11.4. The Morgan fingerprint density at radius 2 is 2.00 bits per heavy atom. The van der Waals surface area contributed by atoms with Crippen LogP contribution >= 0.6 is 0 Å². The first-order valence-electron chi connectivity index (χ1n) is 6.76. The van der Waals surface area contributed by atoms with Gasteiger partial charge in [-0.1, -0.05) is 36.8 Å². The summed E-state index contributed by atoms with van der Waals surface area (Å²) in [5.74, 6) is -0.381. The average Bonchev–Trinajstić information content (AvgIpc) is 2.39. The standard InChI is InChI=1S/C15H20N2O2/c1-3-12(11-6-4-10(2)5-7-11)16-13-8-9-14(18)17-15(13)19/h4-7,12-13,16H,3,8-9H2,1-2H3,(H,17,18,19). The third-order valence-corrected chi connectivity index (χ3v) is 3.53. The molecule has 2 rings (SSSR count). The minimum absolute atomic E-state index is 0.143. The summed E-state index contributed by atoms with van der Waals surface area (Å²) >= 11 is 0. The summed E-state index contributed by atoms with van der Waals surface area (Å²) in [6.45, 7) is 4.14. The second kappa shape index (κ2) is 5.97. The van der Waals surface area contributed by atoms with Gasteiger partial charge < -0.3 is 0 Å². The Bertz CT molecular complexity index is 468. The number of carbonyl (C=O) groups is 2. The van der Waals surface area contributed by atoms with Crippen molar-refractivity contribution in [3.63, 3.8) is 0 Å². The van der Waals surface area contributed by atoms with Crippen LogP contribution in [0, 0.1) is 6.92 Å². The van der Waals surface area contributed by atoms with E-state index in [0.29, 0.717) is 12.8 Å². The van der Waals surface area contributed by atoms with Gasteiger partial charge in [0, 0.05) is 12.5 Å². The lowest BCUT2D eigenvalue weighted by atomic mass is 9.99. The fourth-order valence-corrected chi connectivity index (χ4v) is 2.34. The maximum absolute atomic E-state index is 11.7. The number of aryl methyl sites for hydroxylation is 1. The lowest BCUT2D eigenvalue weighted by molar-refractivity contribution is -0.134. The van der Waals surface area contributed by atoms with Gasteiger partial charge in [0.15, 0.2) is 0 Å². The van der Waals surface area contributed by atoms with Gasteiger partial charge in [-0.25, -0.2) is 0 Å². The molecule has 1 aromatic rings. The second-order valence-electron chi connectivity index (χ2n) is 5.04. The van der Waals surface area contributed by atoms with Gasteiger partial charge in [-0.3, -0.25) is 20.2 Å². The zero-order valence-corrected chi connectivity index (χ0v) is 11.4. The van der Waals surface area contributed by atoms with Gasteiger partial charge in [0.05, 0.1) is 6.04 Å². The van der Waals surface area contributed by atoms with E-state index in [4.69, 9.17) is 0 Å². The molecule has 1 fully saturated rings. The Morgan fingerprint density at radius 3 is 2.58 bits per heavy atom. The second-order valence-corrected chi connectivity index (χ2v) is 5.04. The van der Waals surface area contributed by atoms with Gasteiger partial charge in [0.2, 0.25) is 11.8 Å². The number of benzene rings is 1. The van der Waals surface area contributed by atoms with Crippen molar-refractivity contribution in [1.29, 1.82) is 0 Å². The van der Waals surface area contributed by atoms with Crippen molar-refractivity contribution in [3.05, 3.63) is 35.4 Å². The predicted molar refractivity (Wildman–Crippen MR) is 73.5 cm³/mol. The normalized spacial score (nSPS) is 21.1. The molecule has 0 bridgehead atoms. The van der Waals surface area contributed by atoms with E-state index in [9.17, 15) is 9.59 Å². The van der Waals surface area contributed by atoms with Gasteiger partial charge >= 0.3 is 0 Å². The number of hydrogen-bond donors (Lipinski definition) is 2. The first-order valence-corrected chi connectivity index (χ1v) is 6.76. The van der Waals surface area contributed by atoms with Crippen LogP contribution < -0.4 is 10.6 Å². The molecule has 1 aliphatic rings. The molecule has 0 radical (unpaired) electrons. The molecule has 1 heterocycles. The topological polar surface area (TPSA) is 58.2 Å². The van der Waals surface area contributed by atoms with Crippen LogP contribution in [0.15, 0.2) is 24.3 Å². The van der Waals surface area contributed by atoms with E-state index in [1.165, 1.54) is 11.1 Å². The van der Waals surface area contributed by atoms with Crippen molar-refractivity contribution in [3.8, 4) is 0 Å². The van der Waals surface area contributed by atoms with E-state index in [2.05, 4.69) is 48.7 Å². The molecule has 0 aromatic heterocycles. The molecule has 0 spiro atoms. The number of rotatable bonds is 4. The Balaban J connectivity index is 2.05. The number of piperidine rings is 1. The molecule has 0 aliphatic carbocycles. The molecule has 1 aromatic carbocycles. The van der Waals surface area contributed by atoms with Crippen molar-refractivity contribution in [2.45, 2.75) is 45.2 Å². The quantitative estimate of drug-likeness (QED) is 0.812. The van der Waals surface area contributed by atoms with E-state index in [0.717, 1.165) is 6.42 Å². The molecule has 0 saturated carbocycles. The smallest absolute Gasteiger partial charge is 0.243 e. The van der Waals surface area contributed by atoms with E-state index in [1.807, 2.05) is 0 Å². The van der Waals surface area contributed by atoms with E-state index >= 15 is 0 Å². The van der Waals surface area contributed by atoms with Crippen LogP contribution in [0.4, 0.5) is 0 Å². The zero-order chi connectivity index (χ0) is 13.8. The highest BCUT2D eigenvalue weighted by Crippen LogP contribution is 2.19. The van der Waals surface area contributed by atoms with Crippen LogP contribution in [-0.2, 0) is 9.59 Å². The molecule has 2 atom stereocenters. The number of hydrogen-bond acceptors (Lipinski definition) is 3. The van der Waals surface area contributed by atoms with Crippen LogP contribution in [0.25, 0.3) is 0 Å². The van der Waals surface area contributed by atoms with Crippen molar-refractivity contribution in [2.24, 2.45) is 0 Å². The highest BCUT2D eigenvalue weighted by atomic mass is 16.2. The molecule has 4 nitrogen and oxygen atoms in total. The molecule has 1 saturated heterocycles. The lowest BCUT2D eigenvalue weighted by Gasteiger charge is -2.27. The van der Waals surface area contributed by atoms with Gasteiger partial charge in [0.25, 0.3) is 0 Å². The molecule has 2 amide bonds. The van der Waals surface area contributed by atoms with E-state index in [1.54, 1.807) is 0 Å². The monoisotopic (exact) mass is 260 g/mol. The fraction of sp³-hybridized carbons (Fsp3) is 0.467. The SMILES string of the molecule is CCC(NC1CCC(=O)NC1=O)c1ccc(C)cc1. The summed E-state index contributed by atoms with van der Waals surface area (Å²) < 4.78 is 0. The van der Waals surface area contributed by atoms with Crippen LogP contribution in [-0.4, -0.2) is 17.9 Å². The first-order chi connectivity index (χ1) is 9.10. The number of nitrogens with one attached hydrogen (secondary N) is 2. The summed E-state index contributed by atoms with van der Waals surface area (Å²) in [6.07, 6.45) is 1.89. The minimum Gasteiger partial charge on any atom is -0.299 e. The van der Waals surface area contributed by atoms with Gasteiger partial charge in [-0.15, -0.1) is 0 Å². The Hall–Kier alpha value is -1.68. The maximum atomic E-state index is 11.7. The molecule has 1 aliphatic heterocycles. The average molecular weight is 260 g/mol. The Morgan fingerprint density at radius 1 is 1.32 bits per heavy atom. The summed E-state index contributed by atoms with van der Waals surface area (Å²) in [5.41, 5.74) is 2.40. The molecular weight excluding hydrogens is 240 g/mol. The predicted octanol–water partition coefficient (Wildman–Crippen LogP) is 1.84. The minimum atomic E-state index is -0.274. The number of imide groups is 1. The first kappa shape index (κ1) is 13.7. The largest absolute Gasteiger partial charge is 0.299 e. The van der Waals surface area contributed by atoms with Crippen LogP contribution in [0.2, 0.25) is 0 Å². The molecular formula is C15H20N2O2. The van der Waals surface area contributed by atoms with Crippen molar-refractivity contribution >= 4 is 11.8 Å². The highest BCUT2D eigenvalue weighted by molar-refractivity contribution is 6.00. The molecule has 102 valence electrons. The number of carbonyl (C=O) groups excluding carboxylic acids is 2. The molecule has 19 heavy (non-hydrogen) atoms. The van der Waals surface area contributed by atoms with Crippen LogP contribution in [0.3, 0.4) is 0 Å². The highest BCUT2D eigenvalue weighted by Gasteiger charge is 2.28. The molecule has 4 heteroatoms. The van der Waals surface area contributed by atoms with Crippen molar-refractivity contribution in [1.82, 2.24) is 10.6 Å². The third kappa shape index (κ3) is 3.41. The Labute approximate surface area is 113 Å². The molecule has 2 unspecified atom stereocenters. The van der Waals surface area contributed by atoms with Gasteiger partial charge in [-0.2, -0.15) is 0 Å². The van der Waals surface area contributed by atoms with Crippen molar-refractivity contribution < 1.29 is 9.59 Å². The summed E-state index contributed by atoms with van der Waals surface area (Å²) in [6, 6.07) is 8.19. The van der Waals surface area contributed by atoms with E-state index in [-0.39, 0.29) is 23.9 Å². The Kier molecular flexibility index (Phi) is 4.32. The van der Waals surface area contributed by atoms with E-state index < -0.39 is 0 Å². The molecule has 2 N–H and O–H groups in total. The van der Waals surface area contributed by atoms with Crippen LogP contribution in [0.5, 0.6) is 0 Å². The summed E-state index contributed by atoms with van der Waals surface area (Å²) in [4.78, 5) is 22.9. The lowest BCUT2D eigenvalue weighted by Crippen LogP contribution is -2.51.